The molecule has 4 heterocycles. The number of pyridine rings is 2. The molecule has 1 saturated carbocycles. The van der Waals surface area contributed by atoms with Crippen molar-refractivity contribution in [2.45, 2.75) is 43.4 Å². The minimum atomic E-state index is -4.47. The molecule has 1 saturated heterocycles. The summed E-state index contributed by atoms with van der Waals surface area (Å²) in [6, 6.07) is 7.61. The van der Waals surface area contributed by atoms with Crippen molar-refractivity contribution in [1.82, 2.24) is 24.5 Å². The topological polar surface area (TPSA) is 72.3 Å². The molecule has 10 heteroatoms. The minimum absolute atomic E-state index is 0.0839. The van der Waals surface area contributed by atoms with Gasteiger partial charge < -0.3 is 5.73 Å². The molecule has 2 fully saturated rings. The molecular formula is C24H22F4N6. The molecule has 1 aromatic carbocycles. The first-order valence-electron chi connectivity index (χ1n) is 11.3. The van der Waals surface area contributed by atoms with Crippen LogP contribution in [0.15, 0.2) is 42.6 Å². The van der Waals surface area contributed by atoms with E-state index in [9.17, 15) is 17.6 Å². The normalized spacial score (nSPS) is 20.4. The number of hydrogen-bond donors (Lipinski definition) is 1. The first-order valence-corrected chi connectivity index (χ1v) is 11.3. The van der Waals surface area contributed by atoms with Gasteiger partial charge in [-0.25, -0.2) is 9.37 Å². The second-order valence-corrected chi connectivity index (χ2v) is 9.21. The number of aromatic nitrogens is 4. The maximum Gasteiger partial charge on any atom is 0.408 e. The van der Waals surface area contributed by atoms with Crippen molar-refractivity contribution in [3.63, 3.8) is 0 Å². The second-order valence-electron chi connectivity index (χ2n) is 9.21. The predicted octanol–water partition coefficient (Wildman–Crippen LogP) is 4.60. The van der Waals surface area contributed by atoms with E-state index in [1.54, 1.807) is 12.1 Å². The van der Waals surface area contributed by atoms with E-state index in [4.69, 9.17) is 5.73 Å². The van der Waals surface area contributed by atoms with Crippen LogP contribution in [0.3, 0.4) is 0 Å². The van der Waals surface area contributed by atoms with Crippen molar-refractivity contribution in [2.75, 3.05) is 13.1 Å². The van der Waals surface area contributed by atoms with Crippen LogP contribution in [0.25, 0.3) is 28.1 Å². The van der Waals surface area contributed by atoms with Crippen LogP contribution in [-0.2, 0) is 0 Å². The van der Waals surface area contributed by atoms with Gasteiger partial charge in [0.2, 0.25) is 0 Å². The molecule has 6 rings (SSSR count). The lowest BCUT2D eigenvalue weighted by molar-refractivity contribution is -0.183. The summed E-state index contributed by atoms with van der Waals surface area (Å²) in [5.41, 5.74) is 7.95. The Labute approximate surface area is 192 Å². The molecular weight excluding hydrogens is 448 g/mol. The summed E-state index contributed by atoms with van der Waals surface area (Å²) < 4.78 is 58.4. The molecule has 3 aromatic heterocycles. The molecule has 0 radical (unpaired) electrons. The number of hydrogen-bond acceptors (Lipinski definition) is 5. The Hall–Kier alpha value is -3.11. The van der Waals surface area contributed by atoms with E-state index in [0.717, 1.165) is 18.2 Å². The standard InChI is InChI=1S/C24H22F4N6/c25-17-6-3-14-4-7-18(30-21(14)20(17)13-1-2-13)23-32-31-19-8-5-15(11-34(19)23)22(24(26,27)28)33-10-9-16(29)12-33/h3-8,11,13,16,22H,1-2,9-10,12,29H2. The van der Waals surface area contributed by atoms with Gasteiger partial charge in [0.05, 0.1) is 5.52 Å². The number of nitrogens with two attached hydrogens (primary N) is 1. The Morgan fingerprint density at radius 2 is 1.79 bits per heavy atom. The van der Waals surface area contributed by atoms with E-state index >= 15 is 0 Å². The van der Waals surface area contributed by atoms with Crippen LogP contribution < -0.4 is 5.73 Å². The molecule has 0 amide bonds. The lowest BCUT2D eigenvalue weighted by Crippen LogP contribution is -2.38. The average molecular weight is 470 g/mol. The summed E-state index contributed by atoms with van der Waals surface area (Å²) in [5, 5.41) is 9.13. The highest BCUT2D eigenvalue weighted by atomic mass is 19.4. The molecule has 6 nitrogen and oxygen atoms in total. The number of nitrogens with zero attached hydrogens (tertiary/aromatic N) is 5. The van der Waals surface area contributed by atoms with Crippen LogP contribution in [-0.4, -0.2) is 49.8 Å². The van der Waals surface area contributed by atoms with Gasteiger partial charge in [0.25, 0.3) is 0 Å². The number of fused-ring (bicyclic) bond motifs is 2. The number of benzene rings is 1. The zero-order valence-electron chi connectivity index (χ0n) is 18.1. The summed E-state index contributed by atoms with van der Waals surface area (Å²) >= 11 is 0. The third-order valence-corrected chi connectivity index (χ3v) is 6.74. The van der Waals surface area contributed by atoms with Crippen LogP contribution >= 0.6 is 0 Å². The van der Waals surface area contributed by atoms with Crippen molar-refractivity contribution in [2.24, 2.45) is 5.73 Å². The molecule has 0 bridgehead atoms. The second kappa shape index (κ2) is 7.71. The van der Waals surface area contributed by atoms with Gasteiger partial charge in [-0.15, -0.1) is 10.2 Å². The molecule has 176 valence electrons. The van der Waals surface area contributed by atoms with Gasteiger partial charge in [-0.2, -0.15) is 13.2 Å². The highest BCUT2D eigenvalue weighted by Crippen LogP contribution is 2.44. The van der Waals surface area contributed by atoms with E-state index in [0.29, 0.717) is 34.7 Å². The Morgan fingerprint density at radius 1 is 1.00 bits per heavy atom. The zero-order valence-corrected chi connectivity index (χ0v) is 18.1. The number of rotatable bonds is 4. The van der Waals surface area contributed by atoms with Crippen molar-refractivity contribution in [3.8, 4) is 11.5 Å². The lowest BCUT2D eigenvalue weighted by Gasteiger charge is -2.30. The molecule has 2 aliphatic rings. The lowest BCUT2D eigenvalue weighted by atomic mass is 10.0. The van der Waals surface area contributed by atoms with Crippen LogP contribution in [0.2, 0.25) is 0 Å². The maximum atomic E-state index is 14.6. The van der Waals surface area contributed by atoms with E-state index in [-0.39, 0.29) is 36.4 Å². The van der Waals surface area contributed by atoms with Crippen LogP contribution in [0.4, 0.5) is 17.6 Å². The van der Waals surface area contributed by atoms with Gasteiger partial charge in [-0.05, 0) is 55.0 Å². The molecule has 0 spiro atoms. The molecule has 2 unspecified atom stereocenters. The van der Waals surface area contributed by atoms with Crippen molar-refractivity contribution >= 4 is 16.6 Å². The van der Waals surface area contributed by atoms with Gasteiger partial charge in [-0.1, -0.05) is 12.1 Å². The molecule has 1 aliphatic heterocycles. The fourth-order valence-corrected chi connectivity index (χ4v) is 4.97. The summed E-state index contributed by atoms with van der Waals surface area (Å²) in [6.45, 7) is 0.457. The Balaban J connectivity index is 1.47. The summed E-state index contributed by atoms with van der Waals surface area (Å²) in [7, 11) is 0. The minimum Gasteiger partial charge on any atom is -0.326 e. The van der Waals surface area contributed by atoms with Gasteiger partial charge in [0, 0.05) is 36.3 Å². The van der Waals surface area contributed by atoms with Gasteiger partial charge >= 0.3 is 6.18 Å². The summed E-state index contributed by atoms with van der Waals surface area (Å²) in [6.07, 6.45) is -0.695. The van der Waals surface area contributed by atoms with E-state index in [1.807, 2.05) is 6.07 Å². The summed E-state index contributed by atoms with van der Waals surface area (Å²) in [4.78, 5) is 6.06. The average Bonchev–Trinajstić information content (AvgIpc) is 3.40. The first-order chi connectivity index (χ1) is 16.3. The van der Waals surface area contributed by atoms with E-state index < -0.39 is 12.2 Å². The largest absolute Gasteiger partial charge is 0.408 e. The number of likely N-dealkylation sites (tertiary alicyclic amines) is 1. The smallest absolute Gasteiger partial charge is 0.326 e. The van der Waals surface area contributed by atoms with Crippen molar-refractivity contribution in [1.29, 1.82) is 0 Å². The van der Waals surface area contributed by atoms with Gasteiger partial charge in [0.15, 0.2) is 11.5 Å². The van der Waals surface area contributed by atoms with Crippen LogP contribution in [0.5, 0.6) is 0 Å². The predicted molar refractivity (Wildman–Crippen MR) is 119 cm³/mol. The number of halogens is 4. The number of alkyl halides is 3. The zero-order chi connectivity index (χ0) is 23.6. The Kier molecular flexibility index (Phi) is 4.86. The molecule has 4 aromatic rings. The quantitative estimate of drug-likeness (QED) is 0.442. The Morgan fingerprint density at radius 3 is 2.50 bits per heavy atom. The summed E-state index contributed by atoms with van der Waals surface area (Å²) in [5.74, 6) is 0.168. The maximum absolute atomic E-state index is 14.6. The van der Waals surface area contributed by atoms with Gasteiger partial charge in [0.1, 0.15) is 17.6 Å². The molecule has 2 N–H and O–H groups in total. The van der Waals surface area contributed by atoms with Crippen molar-refractivity contribution < 1.29 is 17.6 Å². The highest BCUT2D eigenvalue weighted by Gasteiger charge is 2.46. The fraction of sp³-hybridized carbons (Fsp3) is 0.375. The fourth-order valence-electron chi connectivity index (χ4n) is 4.97. The highest BCUT2D eigenvalue weighted by molar-refractivity contribution is 5.85. The first kappa shape index (κ1) is 21.4. The SMILES string of the molecule is NC1CCN(C(c2ccc3nnc(-c4ccc5ccc(F)c(C6CC6)c5n4)n3c2)C(F)(F)F)C1. The van der Waals surface area contributed by atoms with Crippen LogP contribution in [0, 0.1) is 5.82 Å². The molecule has 1 aliphatic carbocycles. The molecule has 2 atom stereocenters. The third-order valence-electron chi connectivity index (χ3n) is 6.74. The van der Waals surface area contributed by atoms with Crippen molar-refractivity contribution in [3.05, 3.63) is 59.5 Å². The Bertz CT molecular complexity index is 1390. The monoisotopic (exact) mass is 470 g/mol. The van der Waals surface area contributed by atoms with Gasteiger partial charge in [-0.3, -0.25) is 9.30 Å². The van der Waals surface area contributed by atoms with Crippen LogP contribution in [0.1, 0.15) is 42.3 Å². The van der Waals surface area contributed by atoms with E-state index in [2.05, 4.69) is 15.2 Å². The van der Waals surface area contributed by atoms with E-state index in [1.165, 1.54) is 33.7 Å². The molecule has 34 heavy (non-hydrogen) atoms. The third kappa shape index (κ3) is 3.61.